The first-order valence-corrected chi connectivity index (χ1v) is 6.00. The van der Waals surface area contributed by atoms with E-state index in [1.807, 2.05) is 36.8 Å². The Kier molecular flexibility index (Phi) is 4.43. The van der Waals surface area contributed by atoms with Gasteiger partial charge in [0.2, 0.25) is 5.91 Å². The fourth-order valence-electron chi connectivity index (χ4n) is 1.29. The van der Waals surface area contributed by atoms with Crippen LogP contribution in [-0.4, -0.2) is 12.2 Å². The summed E-state index contributed by atoms with van der Waals surface area (Å²) in [5.74, 6) is -0.0446. The summed E-state index contributed by atoms with van der Waals surface area (Å²) < 4.78 is 0. The fourth-order valence-corrected chi connectivity index (χ4v) is 1.72. The second-order valence-corrected chi connectivity index (χ2v) is 4.03. The average molecular weight is 221 g/mol. The van der Waals surface area contributed by atoms with Gasteiger partial charge in [-0.1, -0.05) is 23.8 Å². The molecule has 0 aliphatic carbocycles. The van der Waals surface area contributed by atoms with Crippen molar-refractivity contribution < 1.29 is 4.79 Å². The number of rotatable bonds is 3. The minimum atomic E-state index is -0.0446. The molecule has 1 amide bonds. The number of aryl methyl sites for hydroxylation is 1. The van der Waals surface area contributed by atoms with E-state index in [1.54, 1.807) is 11.8 Å². The van der Waals surface area contributed by atoms with Crippen LogP contribution < -0.4 is 5.32 Å². The van der Waals surface area contributed by atoms with Gasteiger partial charge in [0.15, 0.2) is 0 Å². The minimum absolute atomic E-state index is 0.0446. The number of benzene rings is 1. The number of hydrogen-bond acceptors (Lipinski definition) is 2. The molecule has 1 rings (SSSR count). The molecular weight excluding hydrogens is 206 g/mol. The highest BCUT2D eigenvalue weighted by Gasteiger charge is 2.02. The SMILES string of the molecule is CS/C=C(\NC(C)=O)c1cccc(C)c1. The molecule has 0 saturated carbocycles. The minimum Gasteiger partial charge on any atom is -0.325 e. The van der Waals surface area contributed by atoms with Gasteiger partial charge in [-0.25, -0.2) is 0 Å². The summed E-state index contributed by atoms with van der Waals surface area (Å²) in [6.45, 7) is 3.55. The molecule has 1 N–H and O–H groups in total. The van der Waals surface area contributed by atoms with Gasteiger partial charge in [-0.15, -0.1) is 11.8 Å². The van der Waals surface area contributed by atoms with Crippen molar-refractivity contribution in [3.05, 3.63) is 40.8 Å². The highest BCUT2D eigenvalue weighted by molar-refractivity contribution is 8.01. The molecule has 1 aromatic carbocycles. The number of carbonyl (C=O) groups is 1. The maximum atomic E-state index is 11.0. The third-order valence-electron chi connectivity index (χ3n) is 1.88. The Morgan fingerprint density at radius 1 is 1.47 bits per heavy atom. The van der Waals surface area contributed by atoms with Gasteiger partial charge in [0, 0.05) is 6.92 Å². The molecule has 1 aromatic rings. The Labute approximate surface area is 94.8 Å². The third kappa shape index (κ3) is 3.80. The van der Waals surface area contributed by atoms with Crippen LogP contribution in [0.3, 0.4) is 0 Å². The summed E-state index contributed by atoms with van der Waals surface area (Å²) in [4.78, 5) is 11.0. The second-order valence-electron chi connectivity index (χ2n) is 3.32. The van der Waals surface area contributed by atoms with Gasteiger partial charge in [-0.05, 0) is 30.2 Å². The van der Waals surface area contributed by atoms with E-state index in [9.17, 15) is 4.79 Å². The molecule has 3 heteroatoms. The molecule has 0 heterocycles. The number of nitrogens with one attached hydrogen (secondary N) is 1. The first-order valence-electron chi connectivity index (χ1n) is 4.71. The summed E-state index contributed by atoms with van der Waals surface area (Å²) in [5.41, 5.74) is 3.09. The summed E-state index contributed by atoms with van der Waals surface area (Å²) in [5, 5.41) is 4.77. The first-order chi connectivity index (χ1) is 7.13. The molecule has 0 spiro atoms. The van der Waals surface area contributed by atoms with Crippen LogP contribution in [0.2, 0.25) is 0 Å². The lowest BCUT2D eigenvalue weighted by atomic mass is 10.1. The quantitative estimate of drug-likeness (QED) is 0.850. The van der Waals surface area contributed by atoms with Gasteiger partial charge in [-0.2, -0.15) is 0 Å². The van der Waals surface area contributed by atoms with Crippen molar-refractivity contribution >= 4 is 23.4 Å². The van der Waals surface area contributed by atoms with Crippen LogP contribution in [0.15, 0.2) is 29.7 Å². The molecule has 80 valence electrons. The van der Waals surface area contributed by atoms with Crippen molar-refractivity contribution in [3.63, 3.8) is 0 Å². The van der Waals surface area contributed by atoms with E-state index >= 15 is 0 Å². The van der Waals surface area contributed by atoms with Gasteiger partial charge >= 0.3 is 0 Å². The van der Waals surface area contributed by atoms with E-state index in [4.69, 9.17) is 0 Å². The Morgan fingerprint density at radius 2 is 2.20 bits per heavy atom. The van der Waals surface area contributed by atoms with E-state index in [1.165, 1.54) is 12.5 Å². The first kappa shape index (κ1) is 11.9. The normalized spacial score (nSPS) is 11.3. The smallest absolute Gasteiger partial charge is 0.221 e. The van der Waals surface area contributed by atoms with E-state index in [0.29, 0.717) is 0 Å². The topological polar surface area (TPSA) is 29.1 Å². The Balaban J connectivity index is 2.99. The number of hydrogen-bond donors (Lipinski definition) is 1. The molecule has 2 nitrogen and oxygen atoms in total. The van der Waals surface area contributed by atoms with Crippen molar-refractivity contribution in [2.45, 2.75) is 13.8 Å². The van der Waals surface area contributed by atoms with E-state index in [-0.39, 0.29) is 5.91 Å². The molecule has 15 heavy (non-hydrogen) atoms. The standard InChI is InChI=1S/C12H15NOS/c1-9-5-4-6-11(7-9)12(8-15-3)13-10(2)14/h4-8H,1-3H3,(H,13,14)/b12-8-. The lowest BCUT2D eigenvalue weighted by Crippen LogP contribution is -2.17. The maximum absolute atomic E-state index is 11.0. The molecule has 0 unspecified atom stereocenters. The molecule has 0 bridgehead atoms. The van der Waals surface area contributed by atoms with Gasteiger partial charge in [0.25, 0.3) is 0 Å². The predicted molar refractivity (Wildman–Crippen MR) is 66.5 cm³/mol. The Bertz CT molecular complexity index is 385. The summed E-state index contributed by atoms with van der Waals surface area (Å²) in [7, 11) is 0. The van der Waals surface area contributed by atoms with Crippen LogP contribution >= 0.6 is 11.8 Å². The lowest BCUT2D eigenvalue weighted by molar-refractivity contribution is -0.117. The fraction of sp³-hybridized carbons (Fsp3) is 0.250. The maximum Gasteiger partial charge on any atom is 0.221 e. The third-order valence-corrected chi connectivity index (χ3v) is 2.35. The summed E-state index contributed by atoms with van der Waals surface area (Å²) >= 11 is 1.58. The molecular formula is C12H15NOS. The zero-order chi connectivity index (χ0) is 11.3. The van der Waals surface area contributed by atoms with Crippen molar-refractivity contribution in [2.75, 3.05) is 6.26 Å². The zero-order valence-corrected chi connectivity index (χ0v) is 10.0. The van der Waals surface area contributed by atoms with Crippen LogP contribution in [0.4, 0.5) is 0 Å². The predicted octanol–water partition coefficient (Wildman–Crippen LogP) is 2.79. The molecule has 0 radical (unpaired) electrons. The van der Waals surface area contributed by atoms with Crippen LogP contribution in [0.25, 0.3) is 5.70 Å². The van der Waals surface area contributed by atoms with Crippen molar-refractivity contribution in [2.24, 2.45) is 0 Å². The number of carbonyl (C=O) groups excluding carboxylic acids is 1. The Morgan fingerprint density at radius 3 is 2.73 bits per heavy atom. The largest absolute Gasteiger partial charge is 0.325 e. The highest BCUT2D eigenvalue weighted by Crippen LogP contribution is 2.16. The number of thioether (sulfide) groups is 1. The average Bonchev–Trinajstić information content (AvgIpc) is 2.16. The lowest BCUT2D eigenvalue weighted by Gasteiger charge is -2.08. The van der Waals surface area contributed by atoms with E-state index in [2.05, 4.69) is 11.4 Å². The van der Waals surface area contributed by atoms with Crippen LogP contribution in [0.1, 0.15) is 18.1 Å². The van der Waals surface area contributed by atoms with E-state index < -0.39 is 0 Å². The molecule has 0 saturated heterocycles. The van der Waals surface area contributed by atoms with Gasteiger partial charge in [-0.3, -0.25) is 4.79 Å². The van der Waals surface area contributed by atoms with Crippen LogP contribution in [-0.2, 0) is 4.79 Å². The van der Waals surface area contributed by atoms with Gasteiger partial charge in [0.05, 0.1) is 5.70 Å². The highest BCUT2D eigenvalue weighted by atomic mass is 32.2. The monoisotopic (exact) mass is 221 g/mol. The molecule has 0 aromatic heterocycles. The molecule has 0 fully saturated rings. The summed E-state index contributed by atoms with van der Waals surface area (Å²) in [6.07, 6.45) is 1.97. The van der Waals surface area contributed by atoms with Gasteiger partial charge in [0.1, 0.15) is 0 Å². The van der Waals surface area contributed by atoms with E-state index in [0.717, 1.165) is 11.3 Å². The van der Waals surface area contributed by atoms with Crippen molar-refractivity contribution in [1.29, 1.82) is 0 Å². The number of amides is 1. The van der Waals surface area contributed by atoms with Crippen LogP contribution in [0.5, 0.6) is 0 Å². The van der Waals surface area contributed by atoms with Crippen LogP contribution in [0, 0.1) is 6.92 Å². The molecule has 0 aliphatic heterocycles. The zero-order valence-electron chi connectivity index (χ0n) is 9.20. The second kappa shape index (κ2) is 5.61. The van der Waals surface area contributed by atoms with Crippen molar-refractivity contribution in [3.8, 4) is 0 Å². The van der Waals surface area contributed by atoms with Crippen molar-refractivity contribution in [1.82, 2.24) is 5.32 Å². The molecule has 0 atom stereocenters. The Hall–Kier alpha value is -1.22. The molecule has 0 aliphatic rings. The summed E-state index contributed by atoms with van der Waals surface area (Å²) in [6, 6.07) is 8.07. The van der Waals surface area contributed by atoms with Gasteiger partial charge < -0.3 is 5.32 Å².